The van der Waals surface area contributed by atoms with E-state index in [0.29, 0.717) is 0 Å². The second-order valence-corrected chi connectivity index (χ2v) is 5.43. The van der Waals surface area contributed by atoms with E-state index in [2.05, 4.69) is 20.6 Å². The third kappa shape index (κ3) is 3.28. The van der Waals surface area contributed by atoms with Gasteiger partial charge in [0.2, 0.25) is 5.91 Å². The van der Waals surface area contributed by atoms with E-state index in [0.717, 1.165) is 28.6 Å². The summed E-state index contributed by atoms with van der Waals surface area (Å²) < 4.78 is 3.55. The molecule has 3 aromatic rings. The molecule has 1 aromatic carbocycles. The van der Waals surface area contributed by atoms with Crippen LogP contribution in [0.4, 0.5) is 5.69 Å². The molecule has 1 N–H and O–H groups in total. The van der Waals surface area contributed by atoms with Crippen LogP contribution in [-0.2, 0) is 11.3 Å². The standard InChI is InChI=1S/C16H18N6O/c1-11-7-12(2)22(20-11)9-16(23)18-14-5-4-6-15(8-14)21-10-17-19-13(21)3/h4-8,10H,9H2,1-3H3,(H,18,23). The van der Waals surface area contributed by atoms with Crippen LogP contribution in [0.2, 0.25) is 0 Å². The predicted octanol–water partition coefficient (Wildman–Crippen LogP) is 2.03. The lowest BCUT2D eigenvalue weighted by molar-refractivity contribution is -0.116. The molecule has 0 radical (unpaired) electrons. The number of carbonyl (C=O) groups excluding carboxylic acids is 1. The number of nitrogens with zero attached hydrogens (tertiary/aromatic N) is 5. The van der Waals surface area contributed by atoms with Gasteiger partial charge in [-0.05, 0) is 45.0 Å². The highest BCUT2D eigenvalue weighted by molar-refractivity contribution is 5.90. The number of hydrogen-bond donors (Lipinski definition) is 1. The van der Waals surface area contributed by atoms with E-state index in [1.165, 1.54) is 0 Å². The first-order valence-electron chi connectivity index (χ1n) is 7.31. The quantitative estimate of drug-likeness (QED) is 0.800. The van der Waals surface area contributed by atoms with Crippen LogP contribution in [0.15, 0.2) is 36.7 Å². The molecule has 0 fully saturated rings. The van der Waals surface area contributed by atoms with Gasteiger partial charge in [-0.3, -0.25) is 14.0 Å². The van der Waals surface area contributed by atoms with Crippen molar-refractivity contribution in [3.05, 3.63) is 53.9 Å². The van der Waals surface area contributed by atoms with Crippen LogP contribution >= 0.6 is 0 Å². The molecule has 0 aliphatic heterocycles. The average molecular weight is 310 g/mol. The topological polar surface area (TPSA) is 77.6 Å². The summed E-state index contributed by atoms with van der Waals surface area (Å²) in [6.45, 7) is 5.91. The molecule has 1 amide bonds. The van der Waals surface area contributed by atoms with E-state index in [1.54, 1.807) is 11.0 Å². The lowest BCUT2D eigenvalue weighted by atomic mass is 10.2. The van der Waals surface area contributed by atoms with Crippen LogP contribution < -0.4 is 5.32 Å². The Morgan fingerprint density at radius 3 is 2.70 bits per heavy atom. The Labute approximate surface area is 134 Å². The van der Waals surface area contributed by atoms with Crippen LogP contribution in [-0.4, -0.2) is 30.5 Å². The minimum atomic E-state index is -0.117. The molecule has 118 valence electrons. The Bertz CT molecular complexity index is 848. The minimum absolute atomic E-state index is 0.117. The zero-order valence-electron chi connectivity index (χ0n) is 13.3. The maximum atomic E-state index is 12.2. The monoisotopic (exact) mass is 310 g/mol. The summed E-state index contributed by atoms with van der Waals surface area (Å²) in [5, 5.41) is 15.0. The van der Waals surface area contributed by atoms with Crippen molar-refractivity contribution in [3.8, 4) is 5.69 Å². The van der Waals surface area contributed by atoms with Gasteiger partial charge in [0.1, 0.15) is 18.7 Å². The van der Waals surface area contributed by atoms with Gasteiger partial charge < -0.3 is 5.32 Å². The van der Waals surface area contributed by atoms with Crippen LogP contribution in [0, 0.1) is 20.8 Å². The van der Waals surface area contributed by atoms with Crippen molar-refractivity contribution in [3.63, 3.8) is 0 Å². The van der Waals surface area contributed by atoms with Crippen molar-refractivity contribution < 1.29 is 4.79 Å². The summed E-state index contributed by atoms with van der Waals surface area (Å²) in [5.74, 6) is 0.671. The number of nitrogens with one attached hydrogen (secondary N) is 1. The summed E-state index contributed by atoms with van der Waals surface area (Å²) in [4.78, 5) is 12.2. The third-order valence-electron chi connectivity index (χ3n) is 3.52. The highest BCUT2D eigenvalue weighted by atomic mass is 16.2. The molecule has 0 saturated heterocycles. The second-order valence-electron chi connectivity index (χ2n) is 5.43. The van der Waals surface area contributed by atoms with Crippen LogP contribution in [0.5, 0.6) is 0 Å². The van der Waals surface area contributed by atoms with Crippen molar-refractivity contribution in [2.75, 3.05) is 5.32 Å². The van der Waals surface area contributed by atoms with E-state index >= 15 is 0 Å². The fourth-order valence-corrected chi connectivity index (χ4v) is 2.45. The van der Waals surface area contributed by atoms with E-state index in [9.17, 15) is 4.79 Å². The number of benzene rings is 1. The number of aromatic nitrogens is 5. The number of aryl methyl sites for hydroxylation is 3. The number of amides is 1. The maximum Gasteiger partial charge on any atom is 0.246 e. The molecule has 3 rings (SSSR count). The molecule has 0 aliphatic carbocycles. The van der Waals surface area contributed by atoms with Crippen LogP contribution in [0.3, 0.4) is 0 Å². The molecule has 2 heterocycles. The molecule has 0 saturated carbocycles. The van der Waals surface area contributed by atoms with Crippen LogP contribution in [0.1, 0.15) is 17.2 Å². The van der Waals surface area contributed by atoms with Gasteiger partial charge in [0.05, 0.1) is 11.4 Å². The van der Waals surface area contributed by atoms with Gasteiger partial charge in [-0.15, -0.1) is 10.2 Å². The van der Waals surface area contributed by atoms with E-state index in [-0.39, 0.29) is 12.5 Å². The van der Waals surface area contributed by atoms with Gasteiger partial charge >= 0.3 is 0 Å². The van der Waals surface area contributed by atoms with Crippen molar-refractivity contribution in [1.29, 1.82) is 0 Å². The lowest BCUT2D eigenvalue weighted by Crippen LogP contribution is -2.20. The van der Waals surface area contributed by atoms with Crippen molar-refractivity contribution >= 4 is 11.6 Å². The lowest BCUT2D eigenvalue weighted by Gasteiger charge is -2.09. The van der Waals surface area contributed by atoms with Gasteiger partial charge in [-0.1, -0.05) is 6.07 Å². The van der Waals surface area contributed by atoms with Gasteiger partial charge in [0.25, 0.3) is 0 Å². The third-order valence-corrected chi connectivity index (χ3v) is 3.52. The molecule has 0 aliphatic rings. The molecule has 0 bridgehead atoms. The summed E-state index contributed by atoms with van der Waals surface area (Å²) in [7, 11) is 0. The van der Waals surface area contributed by atoms with Gasteiger partial charge in [-0.2, -0.15) is 5.10 Å². The second kappa shape index (κ2) is 6.04. The number of rotatable bonds is 4. The van der Waals surface area contributed by atoms with Gasteiger partial charge in [-0.25, -0.2) is 0 Å². The number of hydrogen-bond acceptors (Lipinski definition) is 4. The largest absolute Gasteiger partial charge is 0.324 e. The molecule has 23 heavy (non-hydrogen) atoms. The number of carbonyl (C=O) groups is 1. The number of anilines is 1. The van der Waals surface area contributed by atoms with Gasteiger partial charge in [0, 0.05) is 11.4 Å². The van der Waals surface area contributed by atoms with Crippen molar-refractivity contribution in [2.24, 2.45) is 0 Å². The Balaban J connectivity index is 1.74. The van der Waals surface area contributed by atoms with Crippen LogP contribution in [0.25, 0.3) is 5.69 Å². The molecular formula is C16H18N6O. The molecule has 0 unspecified atom stereocenters. The van der Waals surface area contributed by atoms with E-state index < -0.39 is 0 Å². The fourth-order valence-electron chi connectivity index (χ4n) is 2.45. The molecule has 2 aromatic heterocycles. The average Bonchev–Trinajstić information content (AvgIpc) is 3.05. The summed E-state index contributed by atoms with van der Waals surface area (Å²) in [6, 6.07) is 9.50. The highest BCUT2D eigenvalue weighted by Crippen LogP contribution is 2.15. The molecule has 7 heteroatoms. The zero-order chi connectivity index (χ0) is 16.4. The molecular weight excluding hydrogens is 292 g/mol. The van der Waals surface area contributed by atoms with Crippen molar-refractivity contribution in [1.82, 2.24) is 24.5 Å². The van der Waals surface area contributed by atoms with Gasteiger partial charge in [0.15, 0.2) is 0 Å². The summed E-state index contributed by atoms with van der Waals surface area (Å²) in [5.41, 5.74) is 3.49. The Hall–Kier alpha value is -2.96. The maximum absolute atomic E-state index is 12.2. The minimum Gasteiger partial charge on any atom is -0.324 e. The summed E-state index contributed by atoms with van der Waals surface area (Å²) >= 11 is 0. The SMILES string of the molecule is Cc1cc(C)n(CC(=O)Nc2cccc(-n3cnnc3C)c2)n1. The van der Waals surface area contributed by atoms with Crippen molar-refractivity contribution in [2.45, 2.75) is 27.3 Å². The van der Waals surface area contributed by atoms with E-state index in [4.69, 9.17) is 0 Å². The Morgan fingerprint density at radius 2 is 2.04 bits per heavy atom. The molecule has 0 spiro atoms. The first-order chi connectivity index (χ1) is 11.0. The Morgan fingerprint density at radius 1 is 1.22 bits per heavy atom. The molecule has 0 atom stereocenters. The fraction of sp³-hybridized carbons (Fsp3) is 0.250. The normalized spacial score (nSPS) is 10.7. The first kappa shape index (κ1) is 15.0. The Kier molecular flexibility index (Phi) is 3.92. The highest BCUT2D eigenvalue weighted by Gasteiger charge is 2.08. The predicted molar refractivity (Wildman–Crippen MR) is 86.4 cm³/mol. The van der Waals surface area contributed by atoms with E-state index in [1.807, 2.05) is 55.7 Å². The first-order valence-corrected chi connectivity index (χ1v) is 7.31. The zero-order valence-corrected chi connectivity index (χ0v) is 13.3. The smallest absolute Gasteiger partial charge is 0.246 e. The molecule has 7 nitrogen and oxygen atoms in total. The summed E-state index contributed by atoms with van der Waals surface area (Å²) in [6.07, 6.45) is 1.64.